The topological polar surface area (TPSA) is 256 Å². The van der Waals surface area contributed by atoms with Crippen molar-refractivity contribution in [1.82, 2.24) is 30.5 Å². The number of carbonyl (C=O) groups excluding carboxylic acids is 4. The molecule has 0 radical (unpaired) electrons. The second-order valence-corrected chi connectivity index (χ2v) is 17.2. The van der Waals surface area contributed by atoms with E-state index in [1.165, 1.54) is 0 Å². The van der Waals surface area contributed by atoms with Gasteiger partial charge in [0, 0.05) is 56.9 Å². The van der Waals surface area contributed by atoms with Crippen molar-refractivity contribution in [1.29, 1.82) is 5.41 Å². The number of nitrogens with one attached hydrogen (secondary N) is 6. The number of anilines is 1. The average molecular weight is 922 g/mol. The first-order chi connectivity index (χ1) is 30.8. The van der Waals surface area contributed by atoms with Crippen molar-refractivity contribution in [2.45, 2.75) is 49.9 Å². The molecule has 21 heteroatoms. The molecule has 0 saturated carbocycles. The highest BCUT2D eigenvalue weighted by Gasteiger charge is 2.38. The van der Waals surface area contributed by atoms with Crippen molar-refractivity contribution < 1.29 is 50.7 Å². The number of halogens is 3. The number of hydrogen-bond acceptors (Lipinski definition) is 10. The van der Waals surface area contributed by atoms with Gasteiger partial charge in [0.2, 0.25) is 33.7 Å². The van der Waals surface area contributed by atoms with Gasteiger partial charge in [-0.25, -0.2) is 17.9 Å². The number of carboxylic acid groups (broad SMARTS) is 1. The number of rotatable bonds is 8. The molecule has 0 aliphatic carbocycles. The van der Waals surface area contributed by atoms with E-state index in [-0.39, 0.29) is 62.4 Å². The minimum Gasteiger partial charge on any atom is -0.475 e. The zero-order valence-electron chi connectivity index (χ0n) is 35.1. The zero-order chi connectivity index (χ0) is 47.1. The van der Waals surface area contributed by atoms with Crippen molar-refractivity contribution in [2.75, 3.05) is 44.6 Å². The predicted molar refractivity (Wildman–Crippen MR) is 235 cm³/mol. The maximum Gasteiger partial charge on any atom is 0.490 e. The van der Waals surface area contributed by atoms with Gasteiger partial charge in [-0.2, -0.15) is 13.2 Å². The summed E-state index contributed by atoms with van der Waals surface area (Å²) in [5.41, 5.74) is 10.1. The largest absolute Gasteiger partial charge is 0.490 e. The van der Waals surface area contributed by atoms with Gasteiger partial charge in [0.15, 0.2) is 0 Å². The Kier molecular flexibility index (Phi) is 17.3. The van der Waals surface area contributed by atoms with Gasteiger partial charge >= 0.3 is 12.1 Å². The summed E-state index contributed by atoms with van der Waals surface area (Å²) in [7, 11) is -4.04. The van der Waals surface area contributed by atoms with Crippen molar-refractivity contribution in [3.8, 4) is 0 Å². The van der Waals surface area contributed by atoms with Crippen LogP contribution >= 0.6 is 0 Å². The maximum atomic E-state index is 14.2. The molecular weight excluding hydrogens is 872 g/mol. The molecule has 5 aliphatic rings. The number of alkyl halides is 3. The number of aliphatic carboxylic acids is 1. The van der Waals surface area contributed by atoms with E-state index < -0.39 is 46.1 Å². The number of nitrogen functional groups attached to an aromatic ring is 1. The van der Waals surface area contributed by atoms with E-state index in [0.29, 0.717) is 54.1 Å². The van der Waals surface area contributed by atoms with E-state index >= 15 is 0 Å². The Morgan fingerprint density at radius 2 is 1.31 bits per heavy atom. The molecule has 346 valence electrons. The number of amides is 4. The van der Waals surface area contributed by atoms with Crippen molar-refractivity contribution in [3.63, 3.8) is 0 Å². The summed E-state index contributed by atoms with van der Waals surface area (Å²) in [4.78, 5) is 66.8. The number of amidine groups is 1. The van der Waals surface area contributed by atoms with E-state index in [2.05, 4.69) is 30.9 Å². The van der Waals surface area contributed by atoms with E-state index in [1.807, 2.05) is 17.0 Å². The molecule has 5 aliphatic heterocycles. The number of carbonyl (C=O) groups is 5. The standard InChI is InChI=1S/C42H49N9O6S.C2HF3O2/c43-40(44)34-14-10-32(11-15-34)25-46-41(54)36-22-30-12-16-35(17-13-30)47-39(53)27-51-20-18-50(19-21-51)26-38(52)45-24-31-8-6-29(7-9-31)23-37(42(55)48-36)49-58(56,57)28-33-4-2-1-3-5-33;3-2(4,5)1(6)7/h1-17,36-37,49H,18-28H2,(H3,43,44)(H,45,52)(H,46,54)(H,47,53)(H,48,55);(H,6,7)/t36-,37+;/m0./s1. The molecule has 9 rings (SSSR count). The minimum atomic E-state index is -5.08. The average Bonchev–Trinajstić information content (AvgIpc) is 3.26. The van der Waals surface area contributed by atoms with E-state index in [4.69, 9.17) is 21.0 Å². The van der Waals surface area contributed by atoms with Crippen molar-refractivity contribution in [3.05, 3.63) is 137 Å². The predicted octanol–water partition coefficient (Wildman–Crippen LogP) is 1.86. The number of piperazine rings is 1. The smallest absolute Gasteiger partial charge is 0.475 e. The van der Waals surface area contributed by atoms with Gasteiger partial charge in [-0.15, -0.1) is 0 Å². The molecule has 9 N–H and O–H groups in total. The Morgan fingerprint density at radius 1 is 0.769 bits per heavy atom. The second-order valence-electron chi connectivity index (χ2n) is 15.4. The lowest BCUT2D eigenvalue weighted by molar-refractivity contribution is -0.192. The maximum absolute atomic E-state index is 14.2. The number of hydrogen-bond donors (Lipinski definition) is 8. The molecule has 17 nitrogen and oxygen atoms in total. The fourth-order valence-corrected chi connectivity index (χ4v) is 8.13. The van der Waals surface area contributed by atoms with Gasteiger partial charge in [0.05, 0.1) is 18.8 Å². The number of nitrogens with two attached hydrogens (primary N) is 1. The van der Waals surface area contributed by atoms with E-state index in [9.17, 15) is 40.8 Å². The third-order valence-corrected chi connectivity index (χ3v) is 11.6. The van der Waals surface area contributed by atoms with Crippen LogP contribution in [0.5, 0.6) is 0 Å². The SMILES string of the molecule is N=C(N)c1ccc(CNC(=O)[C@@H]2Cc3ccc(cc3)NC(=O)CN3CCN(CC3)CC(=O)NCc3ccc(cc3)C[C@@H](NS(=O)(=O)Cc3ccccc3)C(=O)N2)cc1.O=C(O)C(F)(F)F. The molecular formula is C44H50F3N9O8S. The molecule has 1 fully saturated rings. The molecule has 0 aromatic heterocycles. The normalized spacial score (nSPS) is 19.8. The highest BCUT2D eigenvalue weighted by molar-refractivity contribution is 7.88. The Balaban J connectivity index is 0.00000105. The lowest BCUT2D eigenvalue weighted by Crippen LogP contribution is -2.55. The number of carboxylic acids is 1. The van der Waals surface area contributed by atoms with E-state index in [0.717, 1.165) is 11.1 Å². The Hall–Kier alpha value is -6.68. The molecule has 4 amide bonds. The van der Waals surface area contributed by atoms with Crippen LogP contribution < -0.4 is 31.7 Å². The second kappa shape index (κ2) is 22.8. The first-order valence-electron chi connectivity index (χ1n) is 20.4. The monoisotopic (exact) mass is 921 g/mol. The van der Waals surface area contributed by atoms with Crippen LogP contribution in [-0.2, 0) is 65.7 Å². The molecule has 5 heterocycles. The summed E-state index contributed by atoms with van der Waals surface area (Å²) < 4.78 is 61.4. The Labute approximate surface area is 373 Å². The van der Waals surface area contributed by atoms with Crippen LogP contribution in [0.3, 0.4) is 0 Å². The molecule has 2 atom stereocenters. The number of benzene rings is 4. The molecule has 65 heavy (non-hydrogen) atoms. The van der Waals surface area contributed by atoms with Crippen molar-refractivity contribution in [2.24, 2.45) is 5.73 Å². The van der Waals surface area contributed by atoms with Gasteiger partial charge in [0.25, 0.3) is 0 Å². The van der Waals surface area contributed by atoms with Gasteiger partial charge in [-0.1, -0.05) is 91.0 Å². The summed E-state index contributed by atoms with van der Waals surface area (Å²) in [5, 5.41) is 26.3. The zero-order valence-corrected chi connectivity index (χ0v) is 35.9. The van der Waals surface area contributed by atoms with Crippen LogP contribution in [0.15, 0.2) is 103 Å². The fraction of sp³-hybridized carbons (Fsp3) is 0.318. The molecule has 0 spiro atoms. The van der Waals surface area contributed by atoms with Crippen LogP contribution in [0.25, 0.3) is 0 Å². The summed E-state index contributed by atoms with van der Waals surface area (Å²) in [6.45, 7) is 3.40. The minimum absolute atomic E-state index is 0.0241. The van der Waals surface area contributed by atoms with Crippen LogP contribution in [0.4, 0.5) is 18.9 Å². The molecule has 1 saturated heterocycles. The molecule has 6 bridgehead atoms. The van der Waals surface area contributed by atoms with Gasteiger partial charge in [-0.3, -0.25) is 34.4 Å². The first kappa shape index (κ1) is 49.3. The Bertz CT molecular complexity index is 2400. The molecule has 4 aromatic carbocycles. The number of sulfonamides is 1. The first-order valence-corrected chi connectivity index (χ1v) is 22.0. The van der Waals surface area contributed by atoms with E-state index in [1.54, 1.807) is 91.0 Å². The quantitative estimate of drug-likeness (QED) is 0.0936. The fourth-order valence-electron chi connectivity index (χ4n) is 6.79. The lowest BCUT2D eigenvalue weighted by Gasteiger charge is -2.33. The van der Waals surface area contributed by atoms with Crippen LogP contribution in [0.1, 0.15) is 33.4 Å². The summed E-state index contributed by atoms with van der Waals surface area (Å²) in [6, 6.07) is 27.2. The van der Waals surface area contributed by atoms with Gasteiger partial charge in [0.1, 0.15) is 17.9 Å². The van der Waals surface area contributed by atoms with Crippen molar-refractivity contribution >= 4 is 51.1 Å². The summed E-state index contributed by atoms with van der Waals surface area (Å²) in [5.74, 6) is -4.71. The summed E-state index contributed by atoms with van der Waals surface area (Å²) >= 11 is 0. The highest BCUT2D eigenvalue weighted by atomic mass is 32.2. The summed E-state index contributed by atoms with van der Waals surface area (Å²) in [6.07, 6.45) is -5.05. The number of fused-ring (bicyclic) bond motifs is 3. The van der Waals surface area contributed by atoms with Crippen LogP contribution in [-0.4, -0.2) is 116 Å². The molecule has 0 unspecified atom stereocenters. The van der Waals surface area contributed by atoms with Gasteiger partial charge < -0.3 is 32.1 Å². The third-order valence-electron chi connectivity index (χ3n) is 10.3. The van der Waals surface area contributed by atoms with Crippen LogP contribution in [0.2, 0.25) is 0 Å². The lowest BCUT2D eigenvalue weighted by atomic mass is 10.0. The Morgan fingerprint density at radius 3 is 1.88 bits per heavy atom. The van der Waals surface area contributed by atoms with Gasteiger partial charge in [-0.05, 0) is 46.4 Å². The highest BCUT2D eigenvalue weighted by Crippen LogP contribution is 2.16. The number of nitrogens with zero attached hydrogens (tertiary/aromatic N) is 2. The van der Waals surface area contributed by atoms with Crippen LogP contribution in [0, 0.1) is 5.41 Å². The molecule has 4 aromatic rings. The third kappa shape index (κ3) is 16.4.